The van der Waals surface area contributed by atoms with Crippen molar-refractivity contribution in [2.24, 2.45) is 16.7 Å². The Morgan fingerprint density at radius 2 is 2.10 bits per heavy atom. The van der Waals surface area contributed by atoms with Gasteiger partial charge in [-0.15, -0.1) is 0 Å². The van der Waals surface area contributed by atoms with Crippen molar-refractivity contribution in [3.05, 3.63) is 11.6 Å². The number of hydrogen-bond donors (Lipinski definition) is 0. The first kappa shape index (κ1) is 13.7. The Labute approximate surface area is 119 Å². The number of ether oxygens (including phenoxy) is 2. The zero-order valence-electron chi connectivity index (χ0n) is 12.4. The maximum Gasteiger partial charge on any atom is 0.331 e. The molecule has 4 nitrogen and oxygen atoms in total. The minimum Gasteiger partial charge on any atom is -0.469 e. The number of rotatable bonds is 1. The zero-order valence-corrected chi connectivity index (χ0v) is 12.4. The van der Waals surface area contributed by atoms with Crippen LogP contribution in [0.2, 0.25) is 0 Å². The van der Waals surface area contributed by atoms with Gasteiger partial charge in [0.05, 0.1) is 12.5 Å². The molecule has 0 spiro atoms. The summed E-state index contributed by atoms with van der Waals surface area (Å²) in [5.41, 5.74) is 0.545. The van der Waals surface area contributed by atoms with E-state index in [9.17, 15) is 9.59 Å². The summed E-state index contributed by atoms with van der Waals surface area (Å²) >= 11 is 0. The van der Waals surface area contributed by atoms with Crippen LogP contribution in [0.1, 0.15) is 46.0 Å². The highest BCUT2D eigenvalue weighted by molar-refractivity contribution is 5.86. The van der Waals surface area contributed by atoms with Crippen molar-refractivity contribution < 1.29 is 19.1 Å². The summed E-state index contributed by atoms with van der Waals surface area (Å²) in [5.74, 6) is -0.108. The molecular weight excluding hydrogens is 256 g/mol. The molecule has 1 heterocycles. The van der Waals surface area contributed by atoms with Crippen LogP contribution >= 0.6 is 0 Å². The van der Waals surface area contributed by atoms with Crippen molar-refractivity contribution in [2.45, 2.75) is 52.1 Å². The van der Waals surface area contributed by atoms with Crippen molar-refractivity contribution in [3.8, 4) is 0 Å². The smallest absolute Gasteiger partial charge is 0.331 e. The SMILES string of the molecule is COC(=O)[C@@]1(C)CCC[C@]2(C)C3=CC(=O)O[C@H]3CC[C@@H]12. The third-order valence-corrected chi connectivity index (χ3v) is 5.84. The lowest BCUT2D eigenvalue weighted by Crippen LogP contribution is -2.52. The number of fused-ring (bicyclic) bond motifs is 3. The van der Waals surface area contributed by atoms with Crippen LogP contribution < -0.4 is 0 Å². The van der Waals surface area contributed by atoms with E-state index in [1.54, 1.807) is 6.08 Å². The molecule has 0 amide bonds. The maximum absolute atomic E-state index is 12.3. The highest BCUT2D eigenvalue weighted by Gasteiger charge is 2.58. The van der Waals surface area contributed by atoms with Crippen LogP contribution in [0.5, 0.6) is 0 Å². The molecule has 2 aliphatic carbocycles. The molecule has 4 atom stereocenters. The minimum atomic E-state index is -0.445. The van der Waals surface area contributed by atoms with Crippen LogP contribution in [-0.2, 0) is 19.1 Å². The van der Waals surface area contributed by atoms with Gasteiger partial charge >= 0.3 is 11.9 Å². The normalized spacial score (nSPS) is 43.1. The van der Waals surface area contributed by atoms with Gasteiger partial charge in [0.1, 0.15) is 6.10 Å². The highest BCUT2D eigenvalue weighted by atomic mass is 16.5. The summed E-state index contributed by atoms with van der Waals surface area (Å²) in [6, 6.07) is 0. The molecule has 0 aromatic carbocycles. The molecule has 0 unspecified atom stereocenters. The van der Waals surface area contributed by atoms with E-state index in [-0.39, 0.29) is 29.4 Å². The predicted molar refractivity (Wildman–Crippen MR) is 72.8 cm³/mol. The van der Waals surface area contributed by atoms with E-state index in [1.165, 1.54) is 7.11 Å². The lowest BCUT2D eigenvalue weighted by atomic mass is 9.49. The molecule has 110 valence electrons. The van der Waals surface area contributed by atoms with Gasteiger partial charge in [0.25, 0.3) is 0 Å². The molecule has 3 aliphatic rings. The lowest BCUT2D eigenvalue weighted by molar-refractivity contribution is -0.165. The Morgan fingerprint density at radius 1 is 1.35 bits per heavy atom. The fourth-order valence-corrected chi connectivity index (χ4v) is 4.86. The molecular formula is C16H22O4. The Bertz CT molecular complexity index is 495. The maximum atomic E-state index is 12.3. The Morgan fingerprint density at radius 3 is 2.80 bits per heavy atom. The van der Waals surface area contributed by atoms with Crippen LogP contribution in [0.4, 0.5) is 0 Å². The van der Waals surface area contributed by atoms with E-state index in [1.807, 2.05) is 6.92 Å². The first-order valence-electron chi connectivity index (χ1n) is 7.43. The van der Waals surface area contributed by atoms with E-state index >= 15 is 0 Å². The molecule has 0 N–H and O–H groups in total. The van der Waals surface area contributed by atoms with Crippen molar-refractivity contribution in [1.82, 2.24) is 0 Å². The van der Waals surface area contributed by atoms with Crippen LogP contribution in [-0.4, -0.2) is 25.2 Å². The van der Waals surface area contributed by atoms with Crippen LogP contribution in [0, 0.1) is 16.7 Å². The predicted octanol–water partition coefficient (Wildman–Crippen LogP) is 2.62. The van der Waals surface area contributed by atoms with Crippen molar-refractivity contribution in [2.75, 3.05) is 7.11 Å². The molecule has 3 rings (SSSR count). The summed E-state index contributed by atoms with van der Waals surface area (Å²) < 4.78 is 10.4. The Kier molecular flexibility index (Phi) is 2.96. The fraction of sp³-hybridized carbons (Fsp3) is 0.750. The molecule has 0 bridgehead atoms. The Balaban J connectivity index is 2.02. The quantitative estimate of drug-likeness (QED) is 0.692. The van der Waals surface area contributed by atoms with Gasteiger partial charge in [0, 0.05) is 6.08 Å². The second-order valence-electron chi connectivity index (χ2n) is 6.84. The molecule has 2 fully saturated rings. The summed E-state index contributed by atoms with van der Waals surface area (Å²) in [5, 5.41) is 0. The van der Waals surface area contributed by atoms with Crippen molar-refractivity contribution >= 4 is 11.9 Å². The van der Waals surface area contributed by atoms with E-state index in [4.69, 9.17) is 9.47 Å². The molecule has 4 heteroatoms. The molecule has 0 aromatic rings. The standard InChI is InChI=1S/C16H22O4/c1-15-7-4-8-16(2,14(18)19-3)12(15)6-5-11-10(15)9-13(17)20-11/h9,11-12H,4-8H2,1-3H3/t11-,12+,15+,16-/m0/s1. The average molecular weight is 278 g/mol. The first-order chi connectivity index (χ1) is 9.41. The summed E-state index contributed by atoms with van der Waals surface area (Å²) in [6.07, 6.45) is 6.21. The molecule has 0 saturated heterocycles. The number of hydrogen-bond acceptors (Lipinski definition) is 4. The third-order valence-electron chi connectivity index (χ3n) is 5.84. The van der Waals surface area contributed by atoms with Crippen LogP contribution in [0.15, 0.2) is 11.6 Å². The van der Waals surface area contributed by atoms with Gasteiger partial charge in [-0.1, -0.05) is 13.3 Å². The van der Waals surface area contributed by atoms with Crippen molar-refractivity contribution in [1.29, 1.82) is 0 Å². The largest absolute Gasteiger partial charge is 0.469 e. The molecule has 0 radical (unpaired) electrons. The molecule has 20 heavy (non-hydrogen) atoms. The molecule has 0 aromatic heterocycles. The Hall–Kier alpha value is -1.32. The van der Waals surface area contributed by atoms with E-state index in [0.29, 0.717) is 0 Å². The second-order valence-corrected chi connectivity index (χ2v) is 6.84. The van der Waals surface area contributed by atoms with E-state index < -0.39 is 5.41 Å². The van der Waals surface area contributed by atoms with Crippen LogP contribution in [0.25, 0.3) is 0 Å². The van der Waals surface area contributed by atoms with E-state index in [0.717, 1.165) is 37.7 Å². The fourth-order valence-electron chi connectivity index (χ4n) is 4.86. The molecule has 1 aliphatic heterocycles. The van der Waals surface area contributed by atoms with Gasteiger partial charge in [-0.25, -0.2) is 4.79 Å². The van der Waals surface area contributed by atoms with Gasteiger partial charge in [-0.2, -0.15) is 0 Å². The monoisotopic (exact) mass is 278 g/mol. The highest BCUT2D eigenvalue weighted by Crippen LogP contribution is 2.61. The van der Waals surface area contributed by atoms with Crippen molar-refractivity contribution in [3.63, 3.8) is 0 Å². The van der Waals surface area contributed by atoms with Gasteiger partial charge in [0.2, 0.25) is 0 Å². The van der Waals surface area contributed by atoms with Gasteiger partial charge in [0.15, 0.2) is 0 Å². The van der Waals surface area contributed by atoms with Crippen LogP contribution in [0.3, 0.4) is 0 Å². The van der Waals surface area contributed by atoms with Gasteiger partial charge in [-0.05, 0) is 49.5 Å². The zero-order chi connectivity index (χ0) is 14.5. The number of methoxy groups -OCH3 is 1. The first-order valence-corrected chi connectivity index (χ1v) is 7.43. The third kappa shape index (κ3) is 1.66. The minimum absolute atomic E-state index is 0.0660. The van der Waals surface area contributed by atoms with E-state index in [2.05, 4.69) is 6.92 Å². The van der Waals surface area contributed by atoms with Gasteiger partial charge in [-0.3, -0.25) is 4.79 Å². The number of carbonyl (C=O) groups excluding carboxylic acids is 2. The second kappa shape index (κ2) is 4.34. The topological polar surface area (TPSA) is 52.6 Å². The molecule has 2 saturated carbocycles. The summed E-state index contributed by atoms with van der Waals surface area (Å²) in [4.78, 5) is 23.9. The number of esters is 2. The number of carbonyl (C=O) groups is 2. The summed E-state index contributed by atoms with van der Waals surface area (Å²) in [7, 11) is 1.46. The average Bonchev–Trinajstić information content (AvgIpc) is 2.79. The van der Waals surface area contributed by atoms with Gasteiger partial charge < -0.3 is 9.47 Å². The summed E-state index contributed by atoms with van der Waals surface area (Å²) in [6.45, 7) is 4.22. The lowest BCUT2D eigenvalue weighted by Gasteiger charge is -2.54.